The van der Waals surface area contributed by atoms with Crippen molar-refractivity contribution in [2.75, 3.05) is 6.54 Å². The Morgan fingerprint density at radius 2 is 2.19 bits per heavy atom. The Morgan fingerprint density at radius 1 is 1.33 bits per heavy atom. The van der Waals surface area contributed by atoms with E-state index in [-0.39, 0.29) is 11.9 Å². The highest BCUT2D eigenvalue weighted by Crippen LogP contribution is 2.32. The molecule has 4 nitrogen and oxygen atoms in total. The molecule has 1 aromatic carbocycles. The molecule has 1 unspecified atom stereocenters. The number of benzene rings is 1. The molecule has 0 aliphatic carbocycles. The second-order valence-corrected chi connectivity index (χ2v) is 4.85. The number of aryl methyl sites for hydroxylation is 1. The van der Waals surface area contributed by atoms with Crippen molar-refractivity contribution in [3.05, 3.63) is 59.6 Å². The molecule has 0 radical (unpaired) electrons. The minimum atomic E-state index is -0.266. The monoisotopic (exact) mass is 285 g/mol. The van der Waals surface area contributed by atoms with E-state index in [0.717, 1.165) is 28.9 Å². The quantitative estimate of drug-likeness (QED) is 0.798. The number of nitrogens with one attached hydrogen (secondary N) is 1. The zero-order valence-corrected chi connectivity index (χ0v) is 11.9. The fourth-order valence-electron chi connectivity index (χ4n) is 2.48. The normalized spacial score (nSPS) is 12.7. The van der Waals surface area contributed by atoms with Crippen LogP contribution in [0.5, 0.6) is 0 Å². The van der Waals surface area contributed by atoms with Crippen LogP contribution in [0.25, 0.3) is 11.0 Å². The Morgan fingerprint density at radius 3 is 2.90 bits per heavy atom. The van der Waals surface area contributed by atoms with Gasteiger partial charge in [-0.15, -0.1) is 0 Å². The standard InChI is InChI=1S/C16H16FN3O/c1-3-19-15(13-9-18-6-7-20-13)16-10(2)12-8-11(17)4-5-14(12)21-16/h4-9,15,19H,3H2,1-2H3. The fourth-order valence-corrected chi connectivity index (χ4v) is 2.48. The molecule has 0 aliphatic heterocycles. The van der Waals surface area contributed by atoms with Gasteiger partial charge < -0.3 is 9.73 Å². The zero-order valence-electron chi connectivity index (χ0n) is 11.9. The Balaban J connectivity index is 2.14. The number of aromatic nitrogens is 2. The van der Waals surface area contributed by atoms with E-state index in [1.807, 2.05) is 13.8 Å². The summed E-state index contributed by atoms with van der Waals surface area (Å²) in [4.78, 5) is 8.45. The van der Waals surface area contributed by atoms with Gasteiger partial charge in [-0.1, -0.05) is 6.92 Å². The van der Waals surface area contributed by atoms with Gasteiger partial charge in [0.1, 0.15) is 23.2 Å². The third-order valence-corrected chi connectivity index (χ3v) is 3.48. The number of rotatable bonds is 4. The molecule has 2 aromatic heterocycles. The van der Waals surface area contributed by atoms with Crippen LogP contribution < -0.4 is 5.32 Å². The van der Waals surface area contributed by atoms with Crippen LogP contribution >= 0.6 is 0 Å². The summed E-state index contributed by atoms with van der Waals surface area (Å²) in [5, 5.41) is 4.13. The first-order valence-electron chi connectivity index (χ1n) is 6.88. The van der Waals surface area contributed by atoms with Crippen LogP contribution in [0, 0.1) is 12.7 Å². The van der Waals surface area contributed by atoms with Crippen molar-refractivity contribution in [1.82, 2.24) is 15.3 Å². The van der Waals surface area contributed by atoms with Gasteiger partial charge in [0.05, 0.1) is 11.9 Å². The van der Waals surface area contributed by atoms with E-state index >= 15 is 0 Å². The molecule has 0 saturated heterocycles. The molecule has 5 heteroatoms. The van der Waals surface area contributed by atoms with Crippen molar-refractivity contribution < 1.29 is 8.81 Å². The molecule has 0 saturated carbocycles. The van der Waals surface area contributed by atoms with Crippen LogP contribution in [-0.4, -0.2) is 16.5 Å². The third kappa shape index (κ3) is 2.52. The van der Waals surface area contributed by atoms with Crippen LogP contribution in [-0.2, 0) is 0 Å². The lowest BCUT2D eigenvalue weighted by Crippen LogP contribution is -2.23. The van der Waals surface area contributed by atoms with E-state index in [4.69, 9.17) is 4.42 Å². The lowest BCUT2D eigenvalue weighted by Gasteiger charge is -2.15. The van der Waals surface area contributed by atoms with E-state index in [2.05, 4.69) is 15.3 Å². The number of nitrogens with zero attached hydrogens (tertiary/aromatic N) is 2. The number of hydrogen-bond donors (Lipinski definition) is 1. The predicted octanol–water partition coefficient (Wildman–Crippen LogP) is 3.37. The SMILES string of the molecule is CCNC(c1cnccn1)c1oc2ccc(F)cc2c1C. The predicted molar refractivity (Wildman–Crippen MR) is 78.5 cm³/mol. The average molecular weight is 285 g/mol. The van der Waals surface area contributed by atoms with Gasteiger partial charge in [-0.05, 0) is 31.7 Å². The lowest BCUT2D eigenvalue weighted by atomic mass is 10.1. The molecule has 3 rings (SSSR count). The highest BCUT2D eigenvalue weighted by Gasteiger charge is 2.22. The van der Waals surface area contributed by atoms with Crippen molar-refractivity contribution in [1.29, 1.82) is 0 Å². The summed E-state index contributed by atoms with van der Waals surface area (Å²) in [6.45, 7) is 4.70. The summed E-state index contributed by atoms with van der Waals surface area (Å²) in [6, 6.07) is 4.36. The highest BCUT2D eigenvalue weighted by molar-refractivity contribution is 5.82. The van der Waals surface area contributed by atoms with Gasteiger partial charge in [0.25, 0.3) is 0 Å². The molecule has 1 N–H and O–H groups in total. The maximum absolute atomic E-state index is 13.4. The first-order chi connectivity index (χ1) is 10.2. The third-order valence-electron chi connectivity index (χ3n) is 3.48. The number of fused-ring (bicyclic) bond motifs is 1. The van der Waals surface area contributed by atoms with Crippen LogP contribution in [0.4, 0.5) is 4.39 Å². The summed E-state index contributed by atoms with van der Waals surface area (Å²) in [5.41, 5.74) is 2.37. The van der Waals surface area contributed by atoms with Gasteiger partial charge in [0, 0.05) is 23.3 Å². The summed E-state index contributed by atoms with van der Waals surface area (Å²) in [5.74, 6) is 0.482. The smallest absolute Gasteiger partial charge is 0.134 e. The first kappa shape index (κ1) is 13.7. The van der Waals surface area contributed by atoms with Crippen molar-refractivity contribution in [3.63, 3.8) is 0 Å². The molecule has 3 aromatic rings. The van der Waals surface area contributed by atoms with Gasteiger partial charge in [-0.2, -0.15) is 0 Å². The molecule has 0 aliphatic rings. The molecule has 21 heavy (non-hydrogen) atoms. The van der Waals surface area contributed by atoms with Crippen LogP contribution in [0.2, 0.25) is 0 Å². The topological polar surface area (TPSA) is 51.0 Å². The zero-order chi connectivity index (χ0) is 14.8. The molecule has 0 bridgehead atoms. The van der Waals surface area contributed by atoms with E-state index < -0.39 is 0 Å². The lowest BCUT2D eigenvalue weighted by molar-refractivity contribution is 0.466. The van der Waals surface area contributed by atoms with Crippen molar-refractivity contribution >= 4 is 11.0 Å². The molecule has 0 fully saturated rings. The number of hydrogen-bond acceptors (Lipinski definition) is 4. The minimum Gasteiger partial charge on any atom is -0.459 e. The average Bonchev–Trinajstić information content (AvgIpc) is 2.82. The van der Waals surface area contributed by atoms with Gasteiger partial charge >= 0.3 is 0 Å². The van der Waals surface area contributed by atoms with Crippen molar-refractivity contribution in [2.45, 2.75) is 19.9 Å². The van der Waals surface area contributed by atoms with E-state index in [1.165, 1.54) is 12.1 Å². The van der Waals surface area contributed by atoms with E-state index in [0.29, 0.717) is 5.58 Å². The molecule has 0 spiro atoms. The van der Waals surface area contributed by atoms with Crippen molar-refractivity contribution in [2.24, 2.45) is 0 Å². The van der Waals surface area contributed by atoms with Gasteiger partial charge in [0.2, 0.25) is 0 Å². The maximum Gasteiger partial charge on any atom is 0.134 e. The largest absolute Gasteiger partial charge is 0.459 e. The van der Waals surface area contributed by atoms with Crippen LogP contribution in [0.3, 0.4) is 0 Å². The van der Waals surface area contributed by atoms with E-state index in [9.17, 15) is 4.39 Å². The van der Waals surface area contributed by atoms with Gasteiger partial charge in [-0.3, -0.25) is 9.97 Å². The highest BCUT2D eigenvalue weighted by atomic mass is 19.1. The summed E-state index contributed by atoms with van der Waals surface area (Å²) in [7, 11) is 0. The Labute approximate surface area is 122 Å². The van der Waals surface area contributed by atoms with E-state index in [1.54, 1.807) is 24.7 Å². The molecule has 2 heterocycles. The van der Waals surface area contributed by atoms with Gasteiger partial charge in [-0.25, -0.2) is 4.39 Å². The Hall–Kier alpha value is -2.27. The van der Waals surface area contributed by atoms with Crippen LogP contribution in [0.1, 0.15) is 30.0 Å². The first-order valence-corrected chi connectivity index (χ1v) is 6.88. The summed E-state index contributed by atoms with van der Waals surface area (Å²) in [6.07, 6.45) is 4.99. The second-order valence-electron chi connectivity index (χ2n) is 4.85. The number of halogens is 1. The van der Waals surface area contributed by atoms with Crippen molar-refractivity contribution in [3.8, 4) is 0 Å². The number of furan rings is 1. The molecule has 108 valence electrons. The molecular formula is C16H16FN3O. The molecule has 1 atom stereocenters. The minimum absolute atomic E-state index is 0.195. The fraction of sp³-hybridized carbons (Fsp3) is 0.250. The summed E-state index contributed by atoms with van der Waals surface area (Å²) >= 11 is 0. The molecular weight excluding hydrogens is 269 g/mol. The molecule has 0 amide bonds. The Kier molecular flexibility index (Phi) is 3.66. The Bertz CT molecular complexity index is 755. The van der Waals surface area contributed by atoms with Crippen LogP contribution in [0.15, 0.2) is 41.2 Å². The van der Waals surface area contributed by atoms with Gasteiger partial charge in [0.15, 0.2) is 0 Å². The maximum atomic E-state index is 13.4. The second kappa shape index (κ2) is 5.61. The summed E-state index contributed by atoms with van der Waals surface area (Å²) < 4.78 is 19.3.